The average Bonchev–Trinajstić information content (AvgIpc) is 3.45. The molecule has 3 aromatic carbocycles. The molecule has 205 valence electrons. The molecular formula is C34H30IrNO2S2-. The van der Waals surface area contributed by atoms with Crippen LogP contribution in [0.1, 0.15) is 36.1 Å². The van der Waals surface area contributed by atoms with Crippen LogP contribution in [-0.2, 0) is 24.9 Å². The molecule has 6 aromatic rings. The minimum atomic E-state index is -0.125. The fourth-order valence-electron chi connectivity index (χ4n) is 5.16. The van der Waals surface area contributed by atoms with Crippen LogP contribution in [0.2, 0.25) is 0 Å². The van der Waals surface area contributed by atoms with E-state index in [0.29, 0.717) is 0 Å². The third-order valence-electron chi connectivity index (χ3n) is 6.60. The number of aliphatic hydroxyl groups is 1. The number of benzene rings is 3. The van der Waals surface area contributed by atoms with Crippen molar-refractivity contribution in [3.05, 3.63) is 101 Å². The summed E-state index contributed by atoms with van der Waals surface area (Å²) in [5, 5.41) is 12.3. The van der Waals surface area contributed by atoms with E-state index in [-0.39, 0.29) is 31.6 Å². The van der Waals surface area contributed by atoms with Crippen LogP contribution in [0.3, 0.4) is 0 Å². The van der Waals surface area contributed by atoms with E-state index in [1.165, 1.54) is 77.3 Å². The molecule has 0 spiro atoms. The normalized spacial score (nSPS) is 11.4. The molecule has 6 rings (SSSR count). The number of aliphatic hydroxyl groups excluding tert-OH is 1. The van der Waals surface area contributed by atoms with Crippen molar-refractivity contribution in [1.82, 2.24) is 4.98 Å². The first kappa shape index (κ1) is 29.8. The maximum atomic E-state index is 10.0. The third kappa shape index (κ3) is 5.96. The largest absolute Gasteiger partial charge is 0.512 e. The van der Waals surface area contributed by atoms with Crippen molar-refractivity contribution in [3.63, 3.8) is 0 Å². The summed E-state index contributed by atoms with van der Waals surface area (Å²) >= 11 is 3.75. The van der Waals surface area contributed by atoms with Gasteiger partial charge in [-0.3, -0.25) is 4.79 Å². The molecule has 0 aliphatic rings. The Kier molecular flexibility index (Phi) is 9.06. The van der Waals surface area contributed by atoms with Gasteiger partial charge in [0.1, 0.15) is 0 Å². The number of fused-ring (bicyclic) bond motifs is 4. The second kappa shape index (κ2) is 12.2. The van der Waals surface area contributed by atoms with Gasteiger partial charge in [0.15, 0.2) is 5.78 Å². The maximum Gasteiger partial charge on any atom is 0.155 e. The molecule has 0 atom stereocenters. The van der Waals surface area contributed by atoms with Crippen molar-refractivity contribution in [2.45, 2.75) is 41.5 Å². The molecule has 1 radical (unpaired) electrons. The number of pyridine rings is 1. The van der Waals surface area contributed by atoms with Crippen LogP contribution in [0.5, 0.6) is 0 Å². The number of thiophene rings is 2. The standard InChI is InChI=1S/C29H22NS2.C5H8O2.Ir/c1-16-11-17(2)13-21(12-16)27-29-20(9-10-30-27)15-25(32-29)26-18(3)14-23-22-7-5-6-8-24(22)31-28(23)19(26)4;1-4(6)3-5(2)7;/h5-12,14-15H,1-4H3;3,6H,1-2H3;/q-1;;/b;4-3-;. The Labute approximate surface area is 256 Å². The number of aryl methyl sites for hydroxylation is 4. The average molecular weight is 741 g/mol. The summed E-state index contributed by atoms with van der Waals surface area (Å²) < 4.78 is 3.99. The predicted octanol–water partition coefficient (Wildman–Crippen LogP) is 10.1. The fraction of sp³-hybridized carbons (Fsp3) is 0.176. The first-order chi connectivity index (χ1) is 18.6. The molecule has 0 bridgehead atoms. The summed E-state index contributed by atoms with van der Waals surface area (Å²) in [6, 6.07) is 23.4. The van der Waals surface area contributed by atoms with Gasteiger partial charge in [-0.05, 0) is 74.0 Å². The molecular weight excluding hydrogens is 711 g/mol. The van der Waals surface area contributed by atoms with Gasteiger partial charge in [-0.25, -0.2) is 0 Å². The molecule has 0 saturated carbocycles. The number of hydrogen-bond donors (Lipinski definition) is 1. The number of carbonyl (C=O) groups is 1. The van der Waals surface area contributed by atoms with Gasteiger partial charge >= 0.3 is 0 Å². The minimum absolute atomic E-state index is 0. The summed E-state index contributed by atoms with van der Waals surface area (Å²) in [5.41, 5.74) is 8.57. The summed E-state index contributed by atoms with van der Waals surface area (Å²) in [5.74, 6) is -0.0625. The van der Waals surface area contributed by atoms with Crippen molar-refractivity contribution < 1.29 is 30.0 Å². The Hall–Kier alpha value is -3.15. The van der Waals surface area contributed by atoms with E-state index in [1.807, 2.05) is 28.9 Å². The van der Waals surface area contributed by atoms with E-state index in [9.17, 15) is 4.79 Å². The Morgan fingerprint density at radius 1 is 0.925 bits per heavy atom. The van der Waals surface area contributed by atoms with Gasteiger partial charge in [-0.2, -0.15) is 0 Å². The molecule has 3 aromatic heterocycles. The van der Waals surface area contributed by atoms with E-state index in [0.717, 1.165) is 16.8 Å². The maximum absolute atomic E-state index is 10.0. The van der Waals surface area contributed by atoms with Crippen LogP contribution in [-0.4, -0.2) is 15.9 Å². The quantitative estimate of drug-likeness (QED) is 0.112. The summed E-state index contributed by atoms with van der Waals surface area (Å²) in [6.45, 7) is 11.6. The zero-order chi connectivity index (χ0) is 27.8. The number of carbonyl (C=O) groups excluding carboxylic acids is 1. The van der Waals surface area contributed by atoms with Gasteiger partial charge in [0.25, 0.3) is 0 Å². The first-order valence-electron chi connectivity index (χ1n) is 12.8. The second-order valence-corrected chi connectivity index (χ2v) is 12.1. The molecule has 0 aliphatic heterocycles. The zero-order valence-electron chi connectivity index (χ0n) is 23.3. The number of ketones is 1. The van der Waals surface area contributed by atoms with Crippen molar-refractivity contribution in [3.8, 4) is 21.7 Å². The topological polar surface area (TPSA) is 50.2 Å². The fourth-order valence-corrected chi connectivity index (χ4v) is 7.68. The SMILES string of the molecule is CC(=O)/C=C(/C)O.Cc1[c-]c(-c2nccc3cc(-c4c(C)cc5c(sc6ccccc65)c4C)sc23)cc(C)c1.[Ir]. The Bertz CT molecular complexity index is 1890. The molecule has 6 heteroatoms. The first-order valence-corrected chi connectivity index (χ1v) is 14.4. The van der Waals surface area contributed by atoms with Gasteiger partial charge in [0, 0.05) is 67.8 Å². The summed E-state index contributed by atoms with van der Waals surface area (Å²) in [7, 11) is 0. The smallest absolute Gasteiger partial charge is 0.155 e. The molecule has 0 saturated heterocycles. The molecule has 40 heavy (non-hydrogen) atoms. The molecule has 3 nitrogen and oxygen atoms in total. The molecule has 3 heterocycles. The minimum Gasteiger partial charge on any atom is -0.512 e. The Morgan fingerprint density at radius 2 is 1.68 bits per heavy atom. The molecule has 1 N–H and O–H groups in total. The monoisotopic (exact) mass is 741 g/mol. The summed E-state index contributed by atoms with van der Waals surface area (Å²) in [4.78, 5) is 16.1. The van der Waals surface area contributed by atoms with Crippen LogP contribution >= 0.6 is 22.7 Å². The van der Waals surface area contributed by atoms with E-state index in [2.05, 4.69) is 88.4 Å². The molecule has 0 aliphatic carbocycles. The van der Waals surface area contributed by atoms with Crippen molar-refractivity contribution in [1.29, 1.82) is 0 Å². The van der Waals surface area contributed by atoms with Crippen molar-refractivity contribution in [2.24, 2.45) is 0 Å². The summed E-state index contributed by atoms with van der Waals surface area (Å²) in [6.07, 6.45) is 3.09. The van der Waals surface area contributed by atoms with Gasteiger partial charge in [-0.15, -0.1) is 57.6 Å². The zero-order valence-corrected chi connectivity index (χ0v) is 27.3. The Morgan fingerprint density at radius 3 is 2.35 bits per heavy atom. The molecule has 0 amide bonds. The van der Waals surface area contributed by atoms with Gasteiger partial charge in [0.05, 0.1) is 5.76 Å². The number of allylic oxidation sites excluding steroid dienone is 2. The number of hydrogen-bond acceptors (Lipinski definition) is 5. The number of aromatic nitrogens is 1. The van der Waals surface area contributed by atoms with E-state index in [1.54, 1.807) is 0 Å². The number of rotatable bonds is 3. The van der Waals surface area contributed by atoms with Crippen LogP contribution < -0.4 is 0 Å². The third-order valence-corrected chi connectivity index (χ3v) is 9.08. The molecule has 0 unspecified atom stereocenters. The van der Waals surface area contributed by atoms with E-state index < -0.39 is 0 Å². The second-order valence-electron chi connectivity index (χ2n) is 10.0. The predicted molar refractivity (Wildman–Crippen MR) is 168 cm³/mol. The van der Waals surface area contributed by atoms with Crippen LogP contribution in [0.4, 0.5) is 0 Å². The van der Waals surface area contributed by atoms with E-state index >= 15 is 0 Å². The Balaban J connectivity index is 0.000000413. The van der Waals surface area contributed by atoms with Crippen LogP contribution in [0, 0.1) is 33.8 Å². The van der Waals surface area contributed by atoms with Gasteiger partial charge in [-0.1, -0.05) is 32.0 Å². The van der Waals surface area contributed by atoms with Crippen LogP contribution in [0.15, 0.2) is 72.6 Å². The van der Waals surface area contributed by atoms with Gasteiger partial charge in [0.2, 0.25) is 0 Å². The van der Waals surface area contributed by atoms with Crippen LogP contribution in [0.25, 0.3) is 52.0 Å². The van der Waals surface area contributed by atoms with Crippen molar-refractivity contribution >= 4 is 58.7 Å². The van der Waals surface area contributed by atoms with Crippen molar-refractivity contribution in [2.75, 3.05) is 0 Å². The number of nitrogens with zero attached hydrogens (tertiary/aromatic N) is 1. The van der Waals surface area contributed by atoms with E-state index in [4.69, 9.17) is 10.1 Å². The van der Waals surface area contributed by atoms with Gasteiger partial charge < -0.3 is 10.1 Å². The molecule has 0 fully saturated rings.